The first kappa shape index (κ1) is 14.6. The van der Waals surface area contributed by atoms with Crippen LogP contribution in [0.4, 0.5) is 0 Å². The summed E-state index contributed by atoms with van der Waals surface area (Å²) in [6.07, 6.45) is 1.91. The maximum Gasteiger partial charge on any atom is 0.0708 e. The Morgan fingerprint density at radius 2 is 1.38 bits per heavy atom. The van der Waals surface area contributed by atoms with E-state index in [1.165, 1.54) is 33.0 Å². The van der Waals surface area contributed by atoms with E-state index in [0.717, 1.165) is 11.3 Å². The van der Waals surface area contributed by atoms with Crippen LogP contribution in [-0.2, 0) is 0 Å². The second-order valence-electron chi connectivity index (χ2n) is 6.26. The summed E-state index contributed by atoms with van der Waals surface area (Å²) in [5.74, 6) is 0. The first-order valence-electron chi connectivity index (χ1n) is 8.24. The molecule has 1 heteroatoms. The zero-order valence-electron chi connectivity index (χ0n) is 14.0. The van der Waals surface area contributed by atoms with Crippen molar-refractivity contribution in [1.82, 2.24) is 4.98 Å². The average Bonchev–Trinajstić information content (AvgIpc) is 2.61. The maximum atomic E-state index is 4.60. The second kappa shape index (κ2) is 5.93. The molecule has 24 heavy (non-hydrogen) atoms. The molecule has 116 valence electrons. The SMILES string of the molecule is Cc1cccc(C)c1-c1ccnc(-c2ccc3ccccc3c2)c1. The van der Waals surface area contributed by atoms with E-state index < -0.39 is 0 Å². The summed E-state index contributed by atoms with van der Waals surface area (Å²) in [4.78, 5) is 4.60. The van der Waals surface area contributed by atoms with Crippen molar-refractivity contribution in [3.8, 4) is 22.4 Å². The van der Waals surface area contributed by atoms with Crippen molar-refractivity contribution < 1.29 is 0 Å². The van der Waals surface area contributed by atoms with Gasteiger partial charge in [-0.05, 0) is 65.1 Å². The van der Waals surface area contributed by atoms with Gasteiger partial charge in [0.05, 0.1) is 5.69 Å². The summed E-state index contributed by atoms with van der Waals surface area (Å²) in [7, 11) is 0. The topological polar surface area (TPSA) is 12.9 Å². The van der Waals surface area contributed by atoms with Gasteiger partial charge in [0.1, 0.15) is 0 Å². The Morgan fingerprint density at radius 3 is 2.17 bits per heavy atom. The van der Waals surface area contributed by atoms with E-state index in [1.54, 1.807) is 0 Å². The highest BCUT2D eigenvalue weighted by Crippen LogP contribution is 2.30. The van der Waals surface area contributed by atoms with Crippen LogP contribution in [0.15, 0.2) is 79.0 Å². The van der Waals surface area contributed by atoms with Crippen molar-refractivity contribution in [2.75, 3.05) is 0 Å². The van der Waals surface area contributed by atoms with Gasteiger partial charge < -0.3 is 0 Å². The fraction of sp³-hybridized carbons (Fsp3) is 0.0870. The quantitative estimate of drug-likeness (QED) is 0.430. The highest BCUT2D eigenvalue weighted by Gasteiger charge is 2.08. The Labute approximate surface area is 142 Å². The summed E-state index contributed by atoms with van der Waals surface area (Å²) < 4.78 is 0. The Balaban J connectivity index is 1.85. The van der Waals surface area contributed by atoms with E-state index in [9.17, 15) is 0 Å². The summed E-state index contributed by atoms with van der Waals surface area (Å²) in [5.41, 5.74) is 7.30. The number of pyridine rings is 1. The highest BCUT2D eigenvalue weighted by molar-refractivity contribution is 5.87. The molecule has 0 aliphatic carbocycles. The van der Waals surface area contributed by atoms with Crippen LogP contribution in [0.1, 0.15) is 11.1 Å². The number of aromatic nitrogens is 1. The van der Waals surface area contributed by atoms with E-state index in [0.29, 0.717) is 0 Å². The predicted octanol–water partition coefficient (Wildman–Crippen LogP) is 6.19. The molecule has 0 fully saturated rings. The van der Waals surface area contributed by atoms with Gasteiger partial charge in [0, 0.05) is 11.8 Å². The minimum Gasteiger partial charge on any atom is -0.256 e. The van der Waals surface area contributed by atoms with Gasteiger partial charge in [-0.3, -0.25) is 4.98 Å². The van der Waals surface area contributed by atoms with Crippen molar-refractivity contribution in [1.29, 1.82) is 0 Å². The van der Waals surface area contributed by atoms with Crippen molar-refractivity contribution in [3.63, 3.8) is 0 Å². The Hall–Kier alpha value is -2.93. The third kappa shape index (κ3) is 2.59. The van der Waals surface area contributed by atoms with E-state index in [4.69, 9.17) is 0 Å². The number of hydrogen-bond acceptors (Lipinski definition) is 1. The third-order valence-corrected chi connectivity index (χ3v) is 4.57. The summed E-state index contributed by atoms with van der Waals surface area (Å²) >= 11 is 0. The number of aryl methyl sites for hydroxylation is 2. The van der Waals surface area contributed by atoms with Crippen molar-refractivity contribution in [2.24, 2.45) is 0 Å². The van der Waals surface area contributed by atoms with E-state index in [1.807, 2.05) is 6.20 Å². The number of benzene rings is 3. The first-order chi connectivity index (χ1) is 11.7. The van der Waals surface area contributed by atoms with Crippen LogP contribution in [0.25, 0.3) is 33.2 Å². The van der Waals surface area contributed by atoms with E-state index in [-0.39, 0.29) is 0 Å². The molecule has 0 bridgehead atoms. The predicted molar refractivity (Wildman–Crippen MR) is 102 cm³/mol. The molecule has 0 saturated carbocycles. The molecule has 1 heterocycles. The monoisotopic (exact) mass is 309 g/mol. The highest BCUT2D eigenvalue weighted by atomic mass is 14.7. The molecule has 0 unspecified atom stereocenters. The summed E-state index contributed by atoms with van der Waals surface area (Å²) in [6, 6.07) is 25.7. The Kier molecular flexibility index (Phi) is 3.62. The van der Waals surface area contributed by atoms with Crippen molar-refractivity contribution in [2.45, 2.75) is 13.8 Å². The molecule has 1 aromatic heterocycles. The van der Waals surface area contributed by atoms with Gasteiger partial charge in [0.2, 0.25) is 0 Å². The maximum absolute atomic E-state index is 4.60. The van der Waals surface area contributed by atoms with Crippen LogP contribution in [-0.4, -0.2) is 4.98 Å². The second-order valence-corrected chi connectivity index (χ2v) is 6.26. The van der Waals surface area contributed by atoms with Crippen LogP contribution in [0.5, 0.6) is 0 Å². The average molecular weight is 309 g/mol. The lowest BCUT2D eigenvalue weighted by atomic mass is 9.95. The van der Waals surface area contributed by atoms with E-state index >= 15 is 0 Å². The fourth-order valence-electron chi connectivity index (χ4n) is 3.36. The first-order valence-corrected chi connectivity index (χ1v) is 8.24. The zero-order valence-corrected chi connectivity index (χ0v) is 14.0. The standard InChI is InChI=1S/C23H19N/c1-16-6-5-7-17(2)23(16)21-12-13-24-22(15-21)20-11-10-18-8-3-4-9-19(18)14-20/h3-15H,1-2H3. The third-order valence-electron chi connectivity index (χ3n) is 4.57. The molecular weight excluding hydrogens is 290 g/mol. The van der Waals surface area contributed by atoms with Crippen LogP contribution in [0.2, 0.25) is 0 Å². The van der Waals surface area contributed by atoms with Gasteiger partial charge in [0.25, 0.3) is 0 Å². The van der Waals surface area contributed by atoms with Crippen molar-refractivity contribution in [3.05, 3.63) is 90.1 Å². The molecule has 0 radical (unpaired) electrons. The van der Waals surface area contributed by atoms with Crippen LogP contribution in [0.3, 0.4) is 0 Å². The number of rotatable bonds is 2. The molecule has 0 N–H and O–H groups in total. The molecular formula is C23H19N. The van der Waals surface area contributed by atoms with Gasteiger partial charge in [-0.1, -0.05) is 54.6 Å². The molecule has 3 aromatic carbocycles. The molecule has 0 aliphatic rings. The minimum absolute atomic E-state index is 1.01. The Bertz CT molecular complexity index is 1010. The number of hydrogen-bond donors (Lipinski definition) is 0. The molecule has 1 nitrogen and oxygen atoms in total. The van der Waals surface area contributed by atoms with Crippen LogP contribution < -0.4 is 0 Å². The fourth-order valence-corrected chi connectivity index (χ4v) is 3.36. The largest absolute Gasteiger partial charge is 0.256 e. The normalized spacial score (nSPS) is 10.9. The van der Waals surface area contributed by atoms with E-state index in [2.05, 4.69) is 91.6 Å². The minimum atomic E-state index is 1.01. The van der Waals surface area contributed by atoms with Crippen molar-refractivity contribution >= 4 is 10.8 Å². The lowest BCUT2D eigenvalue weighted by molar-refractivity contribution is 1.31. The molecule has 0 atom stereocenters. The summed E-state index contributed by atoms with van der Waals surface area (Å²) in [6.45, 7) is 4.33. The summed E-state index contributed by atoms with van der Waals surface area (Å²) in [5, 5.41) is 2.50. The zero-order chi connectivity index (χ0) is 16.5. The lowest BCUT2D eigenvalue weighted by Gasteiger charge is -2.11. The van der Waals surface area contributed by atoms with Gasteiger partial charge in [-0.25, -0.2) is 0 Å². The Morgan fingerprint density at radius 1 is 0.625 bits per heavy atom. The van der Waals surface area contributed by atoms with Gasteiger partial charge in [-0.2, -0.15) is 0 Å². The molecule has 0 saturated heterocycles. The smallest absolute Gasteiger partial charge is 0.0708 e. The van der Waals surface area contributed by atoms with Crippen LogP contribution in [0, 0.1) is 13.8 Å². The molecule has 4 rings (SSSR count). The van der Waals surface area contributed by atoms with Gasteiger partial charge >= 0.3 is 0 Å². The molecule has 0 spiro atoms. The van der Waals surface area contributed by atoms with Crippen LogP contribution >= 0.6 is 0 Å². The number of nitrogens with zero attached hydrogens (tertiary/aromatic N) is 1. The van der Waals surface area contributed by atoms with Gasteiger partial charge in [0.15, 0.2) is 0 Å². The lowest BCUT2D eigenvalue weighted by Crippen LogP contribution is -1.90. The molecule has 4 aromatic rings. The molecule has 0 aliphatic heterocycles. The molecule has 0 amide bonds. The van der Waals surface area contributed by atoms with Gasteiger partial charge in [-0.15, -0.1) is 0 Å². The number of fused-ring (bicyclic) bond motifs is 1.